The molecule has 7 nitrogen and oxygen atoms in total. The van der Waals surface area contributed by atoms with Crippen LogP contribution in [0.4, 0.5) is 5.69 Å². The molecule has 30 heavy (non-hydrogen) atoms. The molecule has 0 atom stereocenters. The van der Waals surface area contributed by atoms with Crippen LogP contribution in [0.1, 0.15) is 5.56 Å². The summed E-state index contributed by atoms with van der Waals surface area (Å²) in [5, 5.41) is 0. The molecule has 1 saturated heterocycles. The van der Waals surface area contributed by atoms with Crippen LogP contribution in [0.5, 0.6) is 5.75 Å². The molecule has 8 heteroatoms. The first kappa shape index (κ1) is 20.3. The highest BCUT2D eigenvalue weighted by molar-refractivity contribution is 8.00. The van der Waals surface area contributed by atoms with Crippen LogP contribution in [0.2, 0.25) is 0 Å². The number of carbonyl (C=O) groups is 1. The van der Waals surface area contributed by atoms with Gasteiger partial charge in [-0.15, -0.1) is 0 Å². The predicted molar refractivity (Wildman–Crippen MR) is 115 cm³/mol. The molecule has 2 aromatic rings. The maximum Gasteiger partial charge on any atom is 0.290 e. The van der Waals surface area contributed by atoms with Crippen LogP contribution in [0.25, 0.3) is 4.91 Å². The molecule has 0 N–H and O–H groups in total. The van der Waals surface area contributed by atoms with Crippen LogP contribution in [0.15, 0.2) is 60.4 Å². The number of nitrogens with zero attached hydrogens (tertiary/aromatic N) is 2. The lowest BCUT2D eigenvalue weighted by Gasteiger charge is -2.37. The molecule has 0 bridgehead atoms. The Morgan fingerprint density at radius 1 is 0.967 bits per heavy atom. The fourth-order valence-corrected chi connectivity index (χ4v) is 5.16. The van der Waals surface area contributed by atoms with Crippen molar-refractivity contribution < 1.29 is 22.7 Å². The molecule has 4 rings (SSSR count). The Labute approximate surface area is 176 Å². The van der Waals surface area contributed by atoms with Gasteiger partial charge in [0.2, 0.25) is 5.76 Å². The molecule has 1 fully saturated rings. The van der Waals surface area contributed by atoms with E-state index in [1.54, 1.807) is 42.3 Å². The summed E-state index contributed by atoms with van der Waals surface area (Å²) in [5.74, 6) is 0.236. The fraction of sp³-hybridized carbons (Fsp3) is 0.318. The molecule has 0 aliphatic carbocycles. The van der Waals surface area contributed by atoms with Crippen molar-refractivity contribution in [1.82, 2.24) is 4.90 Å². The van der Waals surface area contributed by atoms with Crippen molar-refractivity contribution >= 4 is 26.3 Å². The number of anilines is 1. The van der Waals surface area contributed by atoms with E-state index in [0.29, 0.717) is 31.7 Å². The average Bonchev–Trinajstić information content (AvgIpc) is 2.78. The Balaban J connectivity index is 1.54. The van der Waals surface area contributed by atoms with E-state index in [4.69, 9.17) is 9.47 Å². The lowest BCUT2D eigenvalue weighted by Crippen LogP contribution is -2.50. The topological polar surface area (TPSA) is 76.2 Å². The first-order valence-corrected chi connectivity index (χ1v) is 11.5. The van der Waals surface area contributed by atoms with E-state index in [1.807, 2.05) is 24.3 Å². The molecule has 2 heterocycles. The lowest BCUT2D eigenvalue weighted by molar-refractivity contribution is -0.131. The van der Waals surface area contributed by atoms with Crippen molar-refractivity contribution in [1.29, 1.82) is 0 Å². The van der Waals surface area contributed by atoms with Crippen molar-refractivity contribution in [2.75, 3.05) is 50.5 Å². The molecular formula is C22H24N2O5S. The highest BCUT2D eigenvalue weighted by Gasteiger charge is 2.36. The summed E-state index contributed by atoms with van der Waals surface area (Å²) < 4.78 is 36.3. The van der Waals surface area contributed by atoms with Gasteiger partial charge in [0.1, 0.15) is 17.3 Å². The summed E-state index contributed by atoms with van der Waals surface area (Å²) in [4.78, 5) is 17.0. The summed E-state index contributed by atoms with van der Waals surface area (Å²) in [7, 11) is -1.95. The molecule has 2 aliphatic rings. The Kier molecular flexibility index (Phi) is 5.67. The van der Waals surface area contributed by atoms with Gasteiger partial charge in [0, 0.05) is 31.9 Å². The summed E-state index contributed by atoms with van der Waals surface area (Å²) in [6, 6.07) is 16.5. The van der Waals surface area contributed by atoms with Gasteiger partial charge in [-0.2, -0.15) is 0 Å². The third kappa shape index (κ3) is 4.00. The highest BCUT2D eigenvalue weighted by Crippen LogP contribution is 2.31. The minimum Gasteiger partial charge on any atom is -0.497 e. The van der Waals surface area contributed by atoms with Crippen LogP contribution in [-0.4, -0.2) is 64.9 Å². The van der Waals surface area contributed by atoms with Gasteiger partial charge in [0.15, 0.2) is 9.84 Å². The number of ether oxygens (including phenoxy) is 2. The minimum atomic E-state index is -3.58. The molecule has 2 aliphatic heterocycles. The monoisotopic (exact) mass is 428 g/mol. The largest absolute Gasteiger partial charge is 0.497 e. The number of piperazine rings is 1. The summed E-state index contributed by atoms with van der Waals surface area (Å²) in [6.07, 6.45) is 0. The van der Waals surface area contributed by atoms with Gasteiger partial charge < -0.3 is 19.3 Å². The lowest BCUT2D eigenvalue weighted by atomic mass is 10.1. The van der Waals surface area contributed by atoms with Crippen molar-refractivity contribution in [2.24, 2.45) is 0 Å². The second-order valence-electron chi connectivity index (χ2n) is 7.17. The molecule has 158 valence electrons. The number of carbonyl (C=O) groups excluding carboxylic acids is 1. The van der Waals surface area contributed by atoms with E-state index in [0.717, 1.165) is 11.4 Å². The first-order valence-electron chi connectivity index (χ1n) is 9.83. The van der Waals surface area contributed by atoms with Crippen LogP contribution < -0.4 is 9.64 Å². The van der Waals surface area contributed by atoms with Gasteiger partial charge in [-0.25, -0.2) is 8.42 Å². The Hall–Kier alpha value is -3.00. The Morgan fingerprint density at radius 3 is 2.27 bits per heavy atom. The average molecular weight is 429 g/mol. The Bertz CT molecular complexity index is 1040. The summed E-state index contributed by atoms with van der Waals surface area (Å²) in [6.45, 7) is 2.27. The van der Waals surface area contributed by atoms with E-state index in [2.05, 4.69) is 4.90 Å². The predicted octanol–water partition coefficient (Wildman–Crippen LogP) is 2.16. The molecule has 1 amide bonds. The second kappa shape index (κ2) is 8.39. The fourth-order valence-electron chi connectivity index (χ4n) is 3.73. The number of methoxy groups -OCH3 is 1. The van der Waals surface area contributed by atoms with Crippen molar-refractivity contribution in [2.45, 2.75) is 0 Å². The summed E-state index contributed by atoms with van der Waals surface area (Å²) >= 11 is 0. The van der Waals surface area contributed by atoms with Crippen LogP contribution in [0.3, 0.4) is 0 Å². The minimum absolute atomic E-state index is 0.00284. The van der Waals surface area contributed by atoms with Gasteiger partial charge >= 0.3 is 0 Å². The number of hydrogen-bond acceptors (Lipinski definition) is 6. The zero-order valence-corrected chi connectivity index (χ0v) is 17.6. The third-order valence-electron chi connectivity index (χ3n) is 5.35. The molecule has 0 saturated carbocycles. The molecule has 0 unspecified atom stereocenters. The molecule has 0 aromatic heterocycles. The van der Waals surface area contributed by atoms with E-state index >= 15 is 0 Å². The number of amides is 1. The number of hydrogen-bond donors (Lipinski definition) is 0. The molecular weight excluding hydrogens is 404 g/mol. The van der Waals surface area contributed by atoms with Crippen LogP contribution in [-0.2, 0) is 19.4 Å². The number of sulfone groups is 1. The number of benzene rings is 2. The second-order valence-corrected chi connectivity index (χ2v) is 9.21. The van der Waals surface area contributed by atoms with Gasteiger partial charge in [0.25, 0.3) is 5.91 Å². The Morgan fingerprint density at radius 2 is 1.63 bits per heavy atom. The van der Waals surface area contributed by atoms with Gasteiger partial charge in [-0.05, 0) is 29.8 Å². The van der Waals surface area contributed by atoms with Gasteiger partial charge in [-0.3, -0.25) is 4.79 Å². The summed E-state index contributed by atoms with van der Waals surface area (Å²) in [5.41, 5.74) is 1.54. The smallest absolute Gasteiger partial charge is 0.290 e. The van der Waals surface area contributed by atoms with Gasteiger partial charge in [-0.1, -0.05) is 30.3 Å². The normalized spacial score (nSPS) is 18.7. The zero-order valence-electron chi connectivity index (χ0n) is 16.8. The van der Waals surface area contributed by atoms with E-state index < -0.39 is 9.84 Å². The van der Waals surface area contributed by atoms with Crippen LogP contribution in [0, 0.1) is 0 Å². The zero-order chi connectivity index (χ0) is 21.1. The van der Waals surface area contributed by atoms with E-state index in [-0.39, 0.29) is 28.9 Å². The van der Waals surface area contributed by atoms with Crippen LogP contribution >= 0.6 is 0 Å². The standard InChI is InChI=1S/C22H24N2O5S/c1-28-19-9-7-18(8-10-19)23-11-13-24(14-12-23)22(25)20-21(17-5-3-2-4-6-17)30(26,27)16-15-29-20/h2-10H,11-16H2,1H3. The highest BCUT2D eigenvalue weighted by atomic mass is 32.2. The maximum absolute atomic E-state index is 13.2. The van der Waals surface area contributed by atoms with E-state index in [9.17, 15) is 13.2 Å². The molecule has 0 radical (unpaired) electrons. The number of rotatable bonds is 4. The van der Waals surface area contributed by atoms with Crippen molar-refractivity contribution in [3.8, 4) is 5.75 Å². The first-order chi connectivity index (χ1) is 14.5. The van der Waals surface area contributed by atoms with Crippen molar-refractivity contribution in [3.05, 3.63) is 65.9 Å². The quantitative estimate of drug-likeness (QED) is 0.743. The maximum atomic E-state index is 13.2. The van der Waals surface area contributed by atoms with E-state index in [1.165, 1.54) is 0 Å². The molecule has 2 aromatic carbocycles. The van der Waals surface area contributed by atoms with Crippen molar-refractivity contribution in [3.63, 3.8) is 0 Å². The molecule has 0 spiro atoms. The van der Waals surface area contributed by atoms with Gasteiger partial charge in [0.05, 0.1) is 12.9 Å². The third-order valence-corrected chi connectivity index (χ3v) is 7.10. The SMILES string of the molecule is COc1ccc(N2CCN(C(=O)C3=C(c4ccccc4)S(=O)(=O)CCO3)CC2)cc1.